The van der Waals surface area contributed by atoms with Gasteiger partial charge in [-0.2, -0.15) is 0 Å². The van der Waals surface area contributed by atoms with Crippen molar-refractivity contribution in [3.05, 3.63) is 35.4 Å². The van der Waals surface area contributed by atoms with E-state index in [1.807, 2.05) is 13.8 Å². The second kappa shape index (κ2) is 7.73. The zero-order valence-electron chi connectivity index (χ0n) is 14.4. The largest absolute Gasteiger partial charge is 0.444 e. The predicted molar refractivity (Wildman–Crippen MR) is 86.6 cm³/mol. The van der Waals surface area contributed by atoms with Gasteiger partial charge >= 0.3 is 6.09 Å². The molecule has 130 valence electrons. The van der Waals surface area contributed by atoms with Gasteiger partial charge in [-0.05, 0) is 46.2 Å². The van der Waals surface area contributed by atoms with Crippen LogP contribution in [-0.2, 0) is 11.3 Å². The van der Waals surface area contributed by atoms with E-state index in [0.717, 1.165) is 5.56 Å². The van der Waals surface area contributed by atoms with E-state index >= 15 is 0 Å². The summed E-state index contributed by atoms with van der Waals surface area (Å²) in [6, 6.07) is 6.28. The van der Waals surface area contributed by atoms with Crippen LogP contribution >= 0.6 is 0 Å². The summed E-state index contributed by atoms with van der Waals surface area (Å²) in [4.78, 5) is 11.8. The molecule has 1 amide bonds. The first-order valence-electron chi connectivity index (χ1n) is 7.57. The first-order valence-corrected chi connectivity index (χ1v) is 7.57. The van der Waals surface area contributed by atoms with Crippen molar-refractivity contribution in [1.29, 1.82) is 0 Å². The number of halogens is 2. The van der Waals surface area contributed by atoms with E-state index in [1.165, 1.54) is 12.1 Å². The molecule has 0 atom stereocenters. The maximum atomic E-state index is 12.7. The Labute approximate surface area is 136 Å². The van der Waals surface area contributed by atoms with Crippen molar-refractivity contribution in [1.82, 2.24) is 10.6 Å². The van der Waals surface area contributed by atoms with Crippen molar-refractivity contribution in [3.63, 3.8) is 0 Å². The van der Waals surface area contributed by atoms with Crippen molar-refractivity contribution < 1.29 is 18.3 Å². The Kier molecular flexibility index (Phi) is 6.50. The maximum Gasteiger partial charge on any atom is 0.408 e. The summed E-state index contributed by atoms with van der Waals surface area (Å²) in [6.45, 7) is 10.0. The molecular formula is C17H26F2N2O2. The molecule has 1 rings (SSSR count). The molecule has 23 heavy (non-hydrogen) atoms. The Morgan fingerprint density at radius 2 is 1.87 bits per heavy atom. The number of carbonyl (C=O) groups excluding carboxylic acids is 1. The number of ether oxygens (including phenoxy) is 1. The second-order valence-electron chi connectivity index (χ2n) is 7.16. The molecule has 0 aromatic heterocycles. The van der Waals surface area contributed by atoms with Crippen LogP contribution in [0.15, 0.2) is 24.3 Å². The van der Waals surface area contributed by atoms with Crippen LogP contribution in [0.25, 0.3) is 0 Å². The third-order valence-electron chi connectivity index (χ3n) is 2.94. The average molecular weight is 328 g/mol. The van der Waals surface area contributed by atoms with Crippen LogP contribution in [0.5, 0.6) is 0 Å². The van der Waals surface area contributed by atoms with Crippen molar-refractivity contribution >= 4 is 6.09 Å². The zero-order valence-corrected chi connectivity index (χ0v) is 14.4. The number of hydrogen-bond donors (Lipinski definition) is 2. The summed E-state index contributed by atoms with van der Waals surface area (Å²) < 4.78 is 30.5. The third-order valence-corrected chi connectivity index (χ3v) is 2.94. The number of hydrogen-bond acceptors (Lipinski definition) is 3. The number of alkyl carbamates (subject to hydrolysis) is 1. The molecule has 6 heteroatoms. The molecule has 0 spiro atoms. The molecule has 0 radical (unpaired) electrons. The molecule has 0 aliphatic carbocycles. The lowest BCUT2D eigenvalue weighted by atomic mass is 10.1. The number of benzene rings is 1. The Bertz CT molecular complexity index is 526. The van der Waals surface area contributed by atoms with Gasteiger partial charge in [-0.1, -0.05) is 18.2 Å². The van der Waals surface area contributed by atoms with Gasteiger partial charge in [0.05, 0.1) is 5.54 Å². The first-order chi connectivity index (χ1) is 10.5. The fourth-order valence-corrected chi connectivity index (χ4v) is 1.98. The van der Waals surface area contributed by atoms with E-state index in [4.69, 9.17) is 4.74 Å². The molecule has 1 aromatic rings. The molecule has 0 unspecified atom stereocenters. The van der Waals surface area contributed by atoms with Crippen LogP contribution in [-0.4, -0.2) is 23.8 Å². The van der Waals surface area contributed by atoms with E-state index in [1.54, 1.807) is 32.9 Å². The fraction of sp³-hybridized carbons (Fsp3) is 0.588. The number of nitrogens with one attached hydrogen (secondary N) is 2. The molecule has 4 nitrogen and oxygen atoms in total. The normalized spacial score (nSPS) is 12.3. The summed E-state index contributed by atoms with van der Waals surface area (Å²) in [5.41, 5.74) is -0.294. The molecular weight excluding hydrogens is 302 g/mol. The van der Waals surface area contributed by atoms with Crippen molar-refractivity contribution in [3.8, 4) is 0 Å². The molecule has 0 fully saturated rings. The highest BCUT2D eigenvalue weighted by atomic mass is 19.3. The second-order valence-corrected chi connectivity index (χ2v) is 7.16. The van der Waals surface area contributed by atoms with E-state index in [0.29, 0.717) is 13.1 Å². The summed E-state index contributed by atoms with van der Waals surface area (Å²) in [5, 5.41) is 5.95. The molecule has 0 saturated heterocycles. The minimum Gasteiger partial charge on any atom is -0.444 e. The van der Waals surface area contributed by atoms with Gasteiger partial charge < -0.3 is 15.4 Å². The highest BCUT2D eigenvalue weighted by Gasteiger charge is 2.24. The van der Waals surface area contributed by atoms with Gasteiger partial charge in [-0.3, -0.25) is 0 Å². The smallest absolute Gasteiger partial charge is 0.408 e. The van der Waals surface area contributed by atoms with Gasteiger partial charge in [0, 0.05) is 18.7 Å². The number of amides is 1. The number of rotatable bonds is 6. The summed E-state index contributed by atoms with van der Waals surface area (Å²) >= 11 is 0. The van der Waals surface area contributed by atoms with Gasteiger partial charge in [0.15, 0.2) is 0 Å². The third kappa shape index (κ3) is 7.93. The van der Waals surface area contributed by atoms with E-state index in [-0.39, 0.29) is 5.56 Å². The molecule has 0 aliphatic heterocycles. The highest BCUT2D eigenvalue weighted by Crippen LogP contribution is 2.19. The quantitative estimate of drug-likeness (QED) is 0.829. The fourth-order valence-electron chi connectivity index (χ4n) is 1.98. The molecule has 0 bridgehead atoms. The maximum absolute atomic E-state index is 12.7. The molecule has 0 saturated carbocycles. The van der Waals surface area contributed by atoms with Gasteiger partial charge in [0.2, 0.25) is 0 Å². The van der Waals surface area contributed by atoms with Crippen LogP contribution in [0.2, 0.25) is 0 Å². The average Bonchev–Trinajstić information content (AvgIpc) is 2.35. The Morgan fingerprint density at radius 1 is 1.22 bits per heavy atom. The zero-order chi connectivity index (χ0) is 17.7. The summed E-state index contributed by atoms with van der Waals surface area (Å²) in [5.74, 6) is 0. The van der Waals surface area contributed by atoms with Crippen molar-refractivity contribution in [2.24, 2.45) is 0 Å². The van der Waals surface area contributed by atoms with Gasteiger partial charge in [0.25, 0.3) is 6.43 Å². The van der Waals surface area contributed by atoms with Crippen LogP contribution in [0.4, 0.5) is 13.6 Å². The monoisotopic (exact) mass is 328 g/mol. The van der Waals surface area contributed by atoms with Crippen LogP contribution in [0.3, 0.4) is 0 Å². The lowest BCUT2D eigenvalue weighted by Crippen LogP contribution is -2.51. The van der Waals surface area contributed by atoms with Crippen molar-refractivity contribution in [2.45, 2.75) is 58.7 Å². The topological polar surface area (TPSA) is 50.4 Å². The first kappa shape index (κ1) is 19.4. The van der Waals surface area contributed by atoms with Crippen LogP contribution < -0.4 is 10.6 Å². The van der Waals surface area contributed by atoms with Gasteiger partial charge in [-0.15, -0.1) is 0 Å². The van der Waals surface area contributed by atoms with E-state index in [2.05, 4.69) is 10.6 Å². The minimum atomic E-state index is -2.47. The van der Waals surface area contributed by atoms with Crippen LogP contribution in [0, 0.1) is 0 Å². The molecule has 2 N–H and O–H groups in total. The van der Waals surface area contributed by atoms with E-state index < -0.39 is 23.7 Å². The molecule has 1 aromatic carbocycles. The standard InChI is InChI=1S/C17H26F2N2O2/c1-16(2,3)23-15(22)21-17(4,5)11-20-10-12-7-6-8-13(9-12)14(18)19/h6-9,14,20H,10-11H2,1-5H3,(H,21,22). The SMILES string of the molecule is CC(C)(CNCc1cccc(C(F)F)c1)NC(=O)OC(C)(C)C. The molecule has 0 heterocycles. The summed E-state index contributed by atoms with van der Waals surface area (Å²) in [6.07, 6.45) is -2.95. The minimum absolute atomic E-state index is 0.00967. The lowest BCUT2D eigenvalue weighted by Gasteiger charge is -2.29. The van der Waals surface area contributed by atoms with E-state index in [9.17, 15) is 13.6 Å². The molecule has 0 aliphatic rings. The van der Waals surface area contributed by atoms with Crippen molar-refractivity contribution in [2.75, 3.05) is 6.54 Å². The summed E-state index contributed by atoms with van der Waals surface area (Å²) in [7, 11) is 0. The Morgan fingerprint density at radius 3 is 2.43 bits per heavy atom. The Balaban J connectivity index is 2.47. The van der Waals surface area contributed by atoms with Gasteiger partial charge in [-0.25, -0.2) is 13.6 Å². The number of carbonyl (C=O) groups is 1. The van der Waals surface area contributed by atoms with Crippen LogP contribution in [0.1, 0.15) is 52.2 Å². The van der Waals surface area contributed by atoms with Gasteiger partial charge in [0.1, 0.15) is 5.60 Å². The highest BCUT2D eigenvalue weighted by molar-refractivity contribution is 5.68. The Hall–Kier alpha value is -1.69. The predicted octanol–water partition coefficient (Wildman–Crippen LogP) is 4.02. The number of alkyl halides is 2. The lowest BCUT2D eigenvalue weighted by molar-refractivity contribution is 0.0472.